The van der Waals surface area contributed by atoms with Gasteiger partial charge in [0.2, 0.25) is 12.3 Å². The highest BCUT2D eigenvalue weighted by atomic mass is 32.1. The van der Waals surface area contributed by atoms with E-state index >= 15 is 0 Å². The monoisotopic (exact) mass is 290 g/mol. The van der Waals surface area contributed by atoms with Crippen LogP contribution in [0.1, 0.15) is 46.5 Å². The molecule has 0 fully saturated rings. The number of hydrogen-bond donors (Lipinski definition) is 2. The van der Waals surface area contributed by atoms with E-state index in [1.54, 1.807) is 4.90 Å². The molecule has 1 N–H and O–H groups in total. The van der Waals surface area contributed by atoms with Gasteiger partial charge >= 0.3 is 0 Å². The molecule has 0 aliphatic carbocycles. The highest BCUT2D eigenvalue weighted by Gasteiger charge is 2.26. The van der Waals surface area contributed by atoms with Crippen LogP contribution in [-0.4, -0.2) is 46.0 Å². The fraction of sp³-hybridized carbons (Fsp3) is 0.846. The first-order chi connectivity index (χ1) is 8.97. The van der Waals surface area contributed by atoms with E-state index in [1.807, 2.05) is 20.8 Å². The summed E-state index contributed by atoms with van der Waals surface area (Å²) in [5.41, 5.74) is 0. The minimum Gasteiger partial charge on any atom is -0.331 e. The molecule has 0 heterocycles. The van der Waals surface area contributed by atoms with Crippen molar-refractivity contribution in [1.29, 1.82) is 0 Å². The summed E-state index contributed by atoms with van der Waals surface area (Å²) >= 11 is 4.33. The van der Waals surface area contributed by atoms with Gasteiger partial charge in [-0.1, -0.05) is 26.7 Å². The molecule has 19 heavy (non-hydrogen) atoms. The van der Waals surface area contributed by atoms with Gasteiger partial charge in [0, 0.05) is 6.54 Å². The van der Waals surface area contributed by atoms with Gasteiger partial charge in [0.1, 0.15) is 0 Å². The second-order valence-electron chi connectivity index (χ2n) is 4.73. The molecular formula is C13H26N2O3S. The van der Waals surface area contributed by atoms with Crippen molar-refractivity contribution in [2.45, 2.75) is 51.8 Å². The first kappa shape index (κ1) is 18.2. The van der Waals surface area contributed by atoms with Crippen LogP contribution in [0.5, 0.6) is 0 Å². The van der Waals surface area contributed by atoms with Crippen molar-refractivity contribution in [2.75, 3.05) is 13.1 Å². The predicted octanol–water partition coefficient (Wildman–Crippen LogP) is 2.15. The summed E-state index contributed by atoms with van der Waals surface area (Å²) in [6.45, 7) is 6.58. The van der Waals surface area contributed by atoms with Crippen LogP contribution < -0.4 is 0 Å². The van der Waals surface area contributed by atoms with E-state index in [1.165, 1.54) is 0 Å². The van der Waals surface area contributed by atoms with E-state index in [0.717, 1.165) is 19.3 Å². The van der Waals surface area contributed by atoms with E-state index in [-0.39, 0.29) is 23.7 Å². The number of rotatable bonds is 10. The van der Waals surface area contributed by atoms with Crippen LogP contribution in [0.4, 0.5) is 0 Å². The van der Waals surface area contributed by atoms with Crippen molar-refractivity contribution in [3.8, 4) is 0 Å². The Balaban J connectivity index is 4.78. The third kappa shape index (κ3) is 6.82. The second-order valence-corrected chi connectivity index (χ2v) is 5.48. The molecule has 0 saturated carbocycles. The summed E-state index contributed by atoms with van der Waals surface area (Å²) in [6.07, 6.45) is 3.72. The number of nitrogens with zero attached hydrogens (tertiary/aromatic N) is 2. The van der Waals surface area contributed by atoms with Crippen LogP contribution in [0.2, 0.25) is 0 Å². The summed E-state index contributed by atoms with van der Waals surface area (Å²) < 4.78 is 0. The smallest absolute Gasteiger partial charge is 0.233 e. The summed E-state index contributed by atoms with van der Waals surface area (Å²) in [7, 11) is 0. The average Bonchev–Trinajstić information content (AvgIpc) is 2.39. The zero-order valence-corrected chi connectivity index (χ0v) is 13.0. The maximum atomic E-state index is 12.5. The topological polar surface area (TPSA) is 60.9 Å². The summed E-state index contributed by atoms with van der Waals surface area (Å²) in [5, 5.41) is 9.68. The highest BCUT2D eigenvalue weighted by Crippen LogP contribution is 2.17. The van der Waals surface area contributed by atoms with Crippen molar-refractivity contribution >= 4 is 24.9 Å². The summed E-state index contributed by atoms with van der Waals surface area (Å²) in [4.78, 5) is 24.7. The third-order valence-corrected chi connectivity index (χ3v) is 3.26. The molecule has 0 aromatic carbocycles. The van der Waals surface area contributed by atoms with Crippen molar-refractivity contribution in [3.05, 3.63) is 0 Å². The Bertz CT molecular complexity index is 275. The number of thiol groups is 1. The lowest BCUT2D eigenvalue weighted by atomic mass is 10.00. The van der Waals surface area contributed by atoms with Crippen molar-refractivity contribution < 1.29 is 14.8 Å². The van der Waals surface area contributed by atoms with E-state index < -0.39 is 0 Å². The Labute approximate surface area is 121 Å². The number of hydroxylamine groups is 2. The van der Waals surface area contributed by atoms with Crippen LogP contribution >= 0.6 is 12.6 Å². The lowest BCUT2D eigenvalue weighted by molar-refractivity contribution is -0.157. The first-order valence-corrected chi connectivity index (χ1v) is 7.38. The van der Waals surface area contributed by atoms with Crippen molar-refractivity contribution in [1.82, 2.24) is 9.96 Å². The fourth-order valence-electron chi connectivity index (χ4n) is 1.97. The maximum Gasteiger partial charge on any atom is 0.233 e. The Morgan fingerprint density at radius 2 is 2.00 bits per heavy atom. The number of unbranched alkanes of at least 4 members (excludes halogenated alkanes) is 1. The molecule has 0 aliphatic heterocycles. The van der Waals surface area contributed by atoms with Crippen molar-refractivity contribution in [2.24, 2.45) is 5.92 Å². The third-order valence-electron chi connectivity index (χ3n) is 2.98. The number of carbonyl (C=O) groups excluding carboxylic acids is 2. The zero-order valence-electron chi connectivity index (χ0n) is 12.1. The summed E-state index contributed by atoms with van der Waals surface area (Å²) in [6, 6.07) is 0. The number of hydrogen-bond acceptors (Lipinski definition) is 4. The molecule has 0 spiro atoms. The molecule has 0 radical (unpaired) electrons. The Morgan fingerprint density at radius 3 is 2.42 bits per heavy atom. The maximum absolute atomic E-state index is 12.5. The number of carbonyl (C=O) groups is 2. The van der Waals surface area contributed by atoms with Gasteiger partial charge in [0.25, 0.3) is 0 Å². The normalized spacial score (nSPS) is 13.7. The Hall–Kier alpha value is -0.750. The predicted molar refractivity (Wildman–Crippen MR) is 78.0 cm³/mol. The quantitative estimate of drug-likeness (QED) is 0.213. The van der Waals surface area contributed by atoms with Crippen LogP contribution in [0.25, 0.3) is 0 Å². The van der Waals surface area contributed by atoms with Gasteiger partial charge in [-0.2, -0.15) is 12.6 Å². The molecule has 0 aromatic rings. The minimum absolute atomic E-state index is 0.0429. The van der Waals surface area contributed by atoms with Crippen LogP contribution in [0, 0.1) is 5.92 Å². The molecule has 6 heteroatoms. The van der Waals surface area contributed by atoms with Gasteiger partial charge in [0.15, 0.2) is 0 Å². The zero-order chi connectivity index (χ0) is 14.8. The molecule has 0 saturated heterocycles. The SMILES string of the molecule is CCCCC(CN(O)C=O)C(=O)N(CCC)C(C)S. The highest BCUT2D eigenvalue weighted by molar-refractivity contribution is 7.80. The van der Waals surface area contributed by atoms with Gasteiger partial charge < -0.3 is 4.90 Å². The van der Waals surface area contributed by atoms with E-state index in [9.17, 15) is 14.8 Å². The van der Waals surface area contributed by atoms with Crippen LogP contribution in [-0.2, 0) is 9.59 Å². The molecule has 2 amide bonds. The van der Waals surface area contributed by atoms with Gasteiger partial charge in [-0.05, 0) is 19.8 Å². The van der Waals surface area contributed by atoms with E-state index in [2.05, 4.69) is 12.6 Å². The molecule has 0 aliphatic rings. The molecule has 112 valence electrons. The van der Waals surface area contributed by atoms with Crippen molar-refractivity contribution in [3.63, 3.8) is 0 Å². The van der Waals surface area contributed by atoms with Crippen LogP contribution in [0.3, 0.4) is 0 Å². The largest absolute Gasteiger partial charge is 0.331 e. The second kappa shape index (κ2) is 10.1. The van der Waals surface area contributed by atoms with E-state index in [4.69, 9.17) is 0 Å². The fourth-order valence-corrected chi connectivity index (χ4v) is 2.20. The van der Waals surface area contributed by atoms with Gasteiger partial charge in [-0.3, -0.25) is 14.8 Å². The molecular weight excluding hydrogens is 264 g/mol. The van der Waals surface area contributed by atoms with Gasteiger partial charge in [-0.25, -0.2) is 5.06 Å². The Morgan fingerprint density at radius 1 is 1.37 bits per heavy atom. The molecule has 2 atom stereocenters. The molecule has 5 nitrogen and oxygen atoms in total. The van der Waals surface area contributed by atoms with Crippen LogP contribution in [0.15, 0.2) is 0 Å². The minimum atomic E-state index is -0.365. The molecule has 2 unspecified atom stereocenters. The Kier molecular flexibility index (Phi) is 9.69. The summed E-state index contributed by atoms with van der Waals surface area (Å²) in [5.74, 6) is -0.407. The standard InChI is InChI=1S/C13H26N2O3S/c1-4-6-7-12(9-14(18)10-16)13(17)15(8-5-2)11(3)19/h10-12,18-19H,4-9H2,1-3H3. The van der Waals surface area contributed by atoms with Gasteiger partial charge in [-0.15, -0.1) is 0 Å². The van der Waals surface area contributed by atoms with E-state index in [0.29, 0.717) is 24.4 Å². The number of amides is 2. The molecule has 0 rings (SSSR count). The van der Waals surface area contributed by atoms with Gasteiger partial charge in [0.05, 0.1) is 17.8 Å². The lowest BCUT2D eigenvalue weighted by Gasteiger charge is -2.30. The first-order valence-electron chi connectivity index (χ1n) is 6.87. The lowest BCUT2D eigenvalue weighted by Crippen LogP contribution is -2.43. The molecule has 0 bridgehead atoms. The average molecular weight is 290 g/mol. The molecule has 0 aromatic heterocycles.